The number of esters is 1. The molecule has 58 heavy (non-hydrogen) atoms. The van der Waals surface area contributed by atoms with Gasteiger partial charge in [-0.1, -0.05) is 26.0 Å². The average molecular weight is 791 g/mol. The van der Waals surface area contributed by atoms with Crippen molar-refractivity contribution in [2.75, 3.05) is 26.8 Å². The molecule has 4 aliphatic rings. The summed E-state index contributed by atoms with van der Waals surface area (Å²) < 4.78 is 14.2. The Morgan fingerprint density at radius 1 is 1.14 bits per heavy atom. The van der Waals surface area contributed by atoms with Gasteiger partial charge in [-0.25, -0.2) is 5.43 Å². The molecule has 5 heterocycles. The molecule has 3 fully saturated rings. The number of amides is 3. The van der Waals surface area contributed by atoms with Crippen molar-refractivity contribution < 1.29 is 33.8 Å². The number of hydrogen-bond acceptors (Lipinski definition) is 9. The molecule has 8 rings (SSSR count). The maximum atomic E-state index is 14.4. The molecule has 306 valence electrons. The summed E-state index contributed by atoms with van der Waals surface area (Å²) in [6, 6.07) is 13.1. The van der Waals surface area contributed by atoms with E-state index in [1.807, 2.05) is 25.1 Å². The highest BCUT2D eigenvalue weighted by Gasteiger charge is 2.56. The van der Waals surface area contributed by atoms with Crippen molar-refractivity contribution in [3.8, 4) is 28.1 Å². The van der Waals surface area contributed by atoms with Crippen molar-refractivity contribution in [3.63, 3.8) is 0 Å². The summed E-state index contributed by atoms with van der Waals surface area (Å²) in [5.41, 5.74) is 9.80. The van der Waals surface area contributed by atoms with Gasteiger partial charge in [0.2, 0.25) is 11.8 Å². The second kappa shape index (κ2) is 15.5. The van der Waals surface area contributed by atoms with Crippen LogP contribution in [0.4, 0.5) is 0 Å². The summed E-state index contributed by atoms with van der Waals surface area (Å²) in [4.78, 5) is 61.2. The average Bonchev–Trinajstić information content (AvgIpc) is 3.76. The first kappa shape index (κ1) is 39.6. The largest absolute Gasteiger partial charge is 0.508 e. The van der Waals surface area contributed by atoms with E-state index in [1.165, 1.54) is 11.9 Å². The predicted molar refractivity (Wildman–Crippen MR) is 218 cm³/mol. The van der Waals surface area contributed by atoms with E-state index in [2.05, 4.69) is 54.3 Å². The van der Waals surface area contributed by atoms with E-state index in [0.717, 1.165) is 51.0 Å². The molecule has 4 aromatic rings. The summed E-state index contributed by atoms with van der Waals surface area (Å²) in [5, 5.41) is 16.7. The van der Waals surface area contributed by atoms with E-state index >= 15 is 0 Å². The summed E-state index contributed by atoms with van der Waals surface area (Å²) in [6.07, 6.45) is 4.06. The van der Waals surface area contributed by atoms with Gasteiger partial charge < -0.3 is 29.4 Å². The Morgan fingerprint density at radius 3 is 2.71 bits per heavy atom. The number of carbonyl (C=O) groups is 4. The fraction of sp³-hybridized carbons (Fsp3) is 0.489. The number of piperidine rings is 1. The van der Waals surface area contributed by atoms with Gasteiger partial charge in [0.05, 0.1) is 24.1 Å². The van der Waals surface area contributed by atoms with Crippen LogP contribution < -0.4 is 10.7 Å². The van der Waals surface area contributed by atoms with Crippen LogP contribution >= 0.6 is 0 Å². The lowest BCUT2D eigenvalue weighted by atomic mass is 9.84. The van der Waals surface area contributed by atoms with Crippen LogP contribution in [-0.4, -0.2) is 93.2 Å². The number of nitrogens with zero attached hydrogens (tertiary/aromatic N) is 4. The SMILES string of the molecule is CCn1c(-c2cccnc2[C@H](C)OC)c2c3cc(ccc31)-c1cc(O)cc(c1)C[C@H](NC(=O)[C@@H]1[C@H]3CC3CN1C(C)=O)C(=O)N1CCC[C@H](N1)C(=O)OCC(C)(C)C2. The van der Waals surface area contributed by atoms with Crippen molar-refractivity contribution in [2.45, 2.75) is 97.5 Å². The molecule has 3 N–H and O–H groups in total. The third-order valence-electron chi connectivity index (χ3n) is 12.5. The highest BCUT2D eigenvalue weighted by atomic mass is 16.5. The van der Waals surface area contributed by atoms with Crippen LogP contribution in [0.15, 0.2) is 54.7 Å². The molecule has 6 atom stereocenters. The van der Waals surface area contributed by atoms with Crippen LogP contribution in [-0.2, 0) is 48.0 Å². The first-order valence-electron chi connectivity index (χ1n) is 20.5. The van der Waals surface area contributed by atoms with Gasteiger partial charge in [0.25, 0.3) is 5.91 Å². The number of aromatic hydroxyl groups is 1. The topological polar surface area (TPSA) is 155 Å². The smallest absolute Gasteiger partial charge is 0.324 e. The third-order valence-corrected chi connectivity index (χ3v) is 12.5. The number of methoxy groups -OCH3 is 1. The van der Waals surface area contributed by atoms with Gasteiger partial charge in [-0.3, -0.25) is 29.2 Å². The van der Waals surface area contributed by atoms with Crippen molar-refractivity contribution >= 4 is 34.6 Å². The minimum absolute atomic E-state index is 0.0273. The highest BCUT2D eigenvalue weighted by molar-refractivity contribution is 5.96. The molecule has 2 aromatic carbocycles. The van der Waals surface area contributed by atoms with Crippen molar-refractivity contribution in [3.05, 3.63) is 71.5 Å². The molecule has 6 bridgehead atoms. The number of nitrogens with one attached hydrogen (secondary N) is 2. The minimum Gasteiger partial charge on any atom is -0.508 e. The van der Waals surface area contributed by atoms with E-state index in [1.54, 1.807) is 30.3 Å². The van der Waals surface area contributed by atoms with Gasteiger partial charge in [0.1, 0.15) is 23.9 Å². The minimum atomic E-state index is -1.05. The van der Waals surface area contributed by atoms with Crippen LogP contribution in [0.2, 0.25) is 0 Å². The molecule has 1 unspecified atom stereocenters. The lowest BCUT2D eigenvalue weighted by Gasteiger charge is -2.36. The molecule has 13 nitrogen and oxygen atoms in total. The van der Waals surface area contributed by atoms with Gasteiger partial charge >= 0.3 is 5.97 Å². The molecule has 0 radical (unpaired) electrons. The van der Waals surface area contributed by atoms with E-state index in [4.69, 9.17) is 14.5 Å². The maximum absolute atomic E-state index is 14.4. The van der Waals surface area contributed by atoms with Gasteiger partial charge in [0.15, 0.2) is 0 Å². The fourth-order valence-corrected chi connectivity index (χ4v) is 9.45. The second-order valence-corrected chi connectivity index (χ2v) is 17.3. The lowest BCUT2D eigenvalue weighted by molar-refractivity contribution is -0.155. The molecular weight excluding hydrogens is 737 g/mol. The number of phenols is 1. The Balaban J connectivity index is 1.26. The molecule has 2 saturated heterocycles. The standard InChI is InChI=1S/C45H54N6O7/c1-7-49-38-13-12-28-20-34(38)35(40(49)32-10-8-14-46-39(32)25(2)57-6)22-45(4,5)24-58-44(56)36-11-9-15-51(48-36)43(55)37(18-27-16-29(28)19-31(53)17-27)47-42(54)41-33-21-30(33)23-50(41)26(3)52/h8,10,12-14,16-17,19-20,25,30,33,36-37,41,48,53H,7,9,11,15,18,21-24H2,1-6H3,(H,47,54)/t25-,30?,33-,36-,37-,41-/m0/s1. The molecule has 3 aliphatic heterocycles. The molecule has 13 heteroatoms. The van der Waals surface area contributed by atoms with E-state index < -0.39 is 35.4 Å². The number of cyclic esters (lactones) is 1. The van der Waals surface area contributed by atoms with E-state index in [0.29, 0.717) is 50.4 Å². The number of fused-ring (bicyclic) bond motifs is 7. The van der Waals surface area contributed by atoms with Crippen LogP contribution in [0.5, 0.6) is 5.75 Å². The molecule has 2 aromatic heterocycles. The second-order valence-electron chi connectivity index (χ2n) is 17.3. The highest BCUT2D eigenvalue weighted by Crippen LogP contribution is 2.49. The number of carbonyl (C=O) groups excluding carboxylic acids is 4. The van der Waals surface area contributed by atoms with Gasteiger partial charge in [-0.05, 0) is 110 Å². The van der Waals surface area contributed by atoms with Crippen molar-refractivity contribution in [1.29, 1.82) is 0 Å². The quantitative estimate of drug-likeness (QED) is 0.220. The number of hydrogen-bond donors (Lipinski definition) is 3. The van der Waals surface area contributed by atoms with Crippen molar-refractivity contribution in [2.24, 2.45) is 17.3 Å². The number of hydrazine groups is 1. The summed E-state index contributed by atoms with van der Waals surface area (Å²) >= 11 is 0. The predicted octanol–water partition coefficient (Wildman–Crippen LogP) is 5.32. The van der Waals surface area contributed by atoms with Gasteiger partial charge in [-0.15, -0.1) is 0 Å². The first-order valence-corrected chi connectivity index (χ1v) is 20.5. The maximum Gasteiger partial charge on any atom is 0.324 e. The van der Waals surface area contributed by atoms with Crippen LogP contribution in [0.25, 0.3) is 33.3 Å². The number of phenolic OH excluding ortho intramolecular Hbond substituents is 1. The molecule has 0 spiro atoms. The zero-order chi connectivity index (χ0) is 41.0. The summed E-state index contributed by atoms with van der Waals surface area (Å²) in [7, 11) is 1.68. The number of pyridine rings is 1. The number of aryl methyl sites for hydroxylation is 1. The molecular formula is C45H54N6O7. The number of rotatable bonds is 6. The van der Waals surface area contributed by atoms with Crippen molar-refractivity contribution in [1.82, 2.24) is 30.2 Å². The summed E-state index contributed by atoms with van der Waals surface area (Å²) in [6.45, 7) is 11.4. The number of ether oxygens (including phenoxy) is 2. The number of aromatic nitrogens is 2. The Labute approximate surface area is 339 Å². The number of benzene rings is 2. The zero-order valence-electron chi connectivity index (χ0n) is 34.2. The van der Waals surface area contributed by atoms with Gasteiger partial charge in [0, 0.05) is 68.2 Å². The van der Waals surface area contributed by atoms with Crippen LogP contribution in [0, 0.1) is 17.3 Å². The normalized spacial score (nSPS) is 24.8. The zero-order valence-corrected chi connectivity index (χ0v) is 34.2. The third kappa shape index (κ3) is 7.45. The Bertz CT molecular complexity index is 2280. The van der Waals surface area contributed by atoms with E-state index in [-0.39, 0.29) is 42.6 Å². The van der Waals surface area contributed by atoms with Crippen LogP contribution in [0.3, 0.4) is 0 Å². The van der Waals surface area contributed by atoms with E-state index in [9.17, 15) is 24.3 Å². The Morgan fingerprint density at radius 2 is 1.95 bits per heavy atom. The van der Waals surface area contributed by atoms with Crippen LogP contribution in [0.1, 0.15) is 76.8 Å². The molecule has 3 amide bonds. The first-order chi connectivity index (χ1) is 27.8. The molecule has 1 saturated carbocycles. The monoisotopic (exact) mass is 790 g/mol. The fourth-order valence-electron chi connectivity index (χ4n) is 9.45. The Hall–Kier alpha value is -5.27. The Kier molecular flexibility index (Phi) is 10.6. The lowest BCUT2D eigenvalue weighted by Crippen LogP contribution is -2.61. The summed E-state index contributed by atoms with van der Waals surface area (Å²) in [5.74, 6) is -1.02. The van der Waals surface area contributed by atoms with Gasteiger partial charge in [-0.2, -0.15) is 0 Å². The molecule has 1 aliphatic carbocycles. The number of likely N-dealkylation sites (tertiary alicyclic amines) is 1.